The predicted molar refractivity (Wildman–Crippen MR) is 86.5 cm³/mol. The summed E-state index contributed by atoms with van der Waals surface area (Å²) in [4.78, 5) is 9.18. The molecule has 2 heterocycles. The molecule has 3 rings (SSSR count). The van der Waals surface area contributed by atoms with Crippen LogP contribution in [0.5, 0.6) is 0 Å². The topological polar surface area (TPSA) is 43.6 Å². The van der Waals surface area contributed by atoms with Gasteiger partial charge in [-0.3, -0.25) is 0 Å². The summed E-state index contributed by atoms with van der Waals surface area (Å²) in [5, 5.41) is 4.49. The van der Waals surface area contributed by atoms with Gasteiger partial charge in [0.2, 0.25) is 0 Å². The predicted octanol–water partition coefficient (Wildman–Crippen LogP) is 4.02. The van der Waals surface area contributed by atoms with E-state index in [1.54, 1.807) is 0 Å². The zero-order valence-electron chi connectivity index (χ0n) is 12.1. The summed E-state index contributed by atoms with van der Waals surface area (Å²) < 4.78 is 2.89. The third-order valence-corrected chi connectivity index (χ3v) is 3.70. The van der Waals surface area contributed by atoms with Gasteiger partial charge in [0.25, 0.3) is 0 Å². The Kier molecular flexibility index (Phi) is 3.59. The smallest absolute Gasteiger partial charge is 0.161 e. The molecule has 2 aromatic heterocycles. The van der Waals surface area contributed by atoms with Crippen molar-refractivity contribution in [2.45, 2.75) is 20.8 Å². The number of aryl methyl sites for hydroxylation is 3. The number of halogens is 1. The molecular formula is C16H15BrN4. The third kappa shape index (κ3) is 2.88. The van der Waals surface area contributed by atoms with Gasteiger partial charge in [0.1, 0.15) is 0 Å². The first-order valence-electron chi connectivity index (χ1n) is 6.68. The Balaban J connectivity index is 2.12. The Morgan fingerprint density at radius 3 is 2.24 bits per heavy atom. The fourth-order valence-electron chi connectivity index (χ4n) is 2.25. The highest BCUT2D eigenvalue weighted by molar-refractivity contribution is 9.10. The molecule has 0 amide bonds. The lowest BCUT2D eigenvalue weighted by atomic mass is 10.2. The Labute approximate surface area is 132 Å². The molecule has 0 atom stereocenters. The molecule has 0 unspecified atom stereocenters. The highest BCUT2D eigenvalue weighted by Gasteiger charge is 2.09. The lowest BCUT2D eigenvalue weighted by Crippen LogP contribution is -2.05. The van der Waals surface area contributed by atoms with E-state index in [9.17, 15) is 0 Å². The van der Waals surface area contributed by atoms with Crippen molar-refractivity contribution in [2.75, 3.05) is 0 Å². The number of hydrogen-bond donors (Lipinski definition) is 0. The van der Waals surface area contributed by atoms with Crippen LogP contribution in [0, 0.1) is 20.8 Å². The van der Waals surface area contributed by atoms with Crippen LogP contribution in [0.1, 0.15) is 17.1 Å². The Morgan fingerprint density at radius 2 is 1.62 bits per heavy atom. The molecule has 4 nitrogen and oxygen atoms in total. The van der Waals surface area contributed by atoms with Crippen molar-refractivity contribution in [3.05, 3.63) is 58.0 Å². The van der Waals surface area contributed by atoms with Gasteiger partial charge in [-0.05, 0) is 39.0 Å². The zero-order chi connectivity index (χ0) is 15.0. The molecule has 0 N–H and O–H groups in total. The van der Waals surface area contributed by atoms with Crippen LogP contribution < -0.4 is 0 Å². The molecule has 0 fully saturated rings. The maximum atomic E-state index is 4.65. The molecule has 3 aromatic rings. The molecule has 1 aromatic carbocycles. The van der Waals surface area contributed by atoms with E-state index >= 15 is 0 Å². The van der Waals surface area contributed by atoms with E-state index in [-0.39, 0.29) is 0 Å². The van der Waals surface area contributed by atoms with Crippen LogP contribution in [0.2, 0.25) is 0 Å². The number of aromatic nitrogens is 4. The minimum Gasteiger partial charge on any atom is -0.233 e. The summed E-state index contributed by atoms with van der Waals surface area (Å²) in [6.45, 7) is 5.98. The van der Waals surface area contributed by atoms with E-state index in [0.29, 0.717) is 5.82 Å². The highest BCUT2D eigenvalue weighted by atomic mass is 79.9. The fourth-order valence-corrected chi connectivity index (χ4v) is 2.51. The summed E-state index contributed by atoms with van der Waals surface area (Å²) in [6.07, 6.45) is 0. The maximum absolute atomic E-state index is 4.65. The first-order chi connectivity index (χ1) is 10.0. The van der Waals surface area contributed by atoms with Gasteiger partial charge in [-0.15, -0.1) is 0 Å². The van der Waals surface area contributed by atoms with Gasteiger partial charge in [0.05, 0.1) is 5.69 Å². The van der Waals surface area contributed by atoms with Crippen molar-refractivity contribution in [3.8, 4) is 17.2 Å². The number of nitrogens with zero attached hydrogens (tertiary/aromatic N) is 4. The van der Waals surface area contributed by atoms with Crippen LogP contribution >= 0.6 is 15.9 Å². The molecule has 0 radical (unpaired) electrons. The average molecular weight is 343 g/mol. The van der Waals surface area contributed by atoms with E-state index in [1.165, 1.54) is 0 Å². The van der Waals surface area contributed by atoms with Crippen molar-refractivity contribution >= 4 is 15.9 Å². The molecular weight excluding hydrogens is 328 g/mol. The third-order valence-electron chi connectivity index (χ3n) is 3.17. The molecule has 0 saturated carbocycles. The van der Waals surface area contributed by atoms with Crippen molar-refractivity contribution in [3.63, 3.8) is 0 Å². The number of benzene rings is 1. The SMILES string of the molecule is Cc1cc(-n2nc(C)cc2C)nc(-c2ccc(Br)cc2)n1. The molecule has 0 saturated heterocycles. The molecule has 0 aliphatic rings. The van der Waals surface area contributed by atoms with E-state index in [1.807, 2.05) is 61.9 Å². The second kappa shape index (κ2) is 5.41. The minimum absolute atomic E-state index is 0.713. The molecule has 21 heavy (non-hydrogen) atoms. The average Bonchev–Trinajstić information content (AvgIpc) is 2.78. The van der Waals surface area contributed by atoms with E-state index in [0.717, 1.165) is 32.9 Å². The van der Waals surface area contributed by atoms with Crippen LogP contribution in [0.3, 0.4) is 0 Å². The normalized spacial score (nSPS) is 10.9. The van der Waals surface area contributed by atoms with Gasteiger partial charge in [-0.2, -0.15) is 5.10 Å². The Bertz CT molecular complexity index is 791. The van der Waals surface area contributed by atoms with Gasteiger partial charge in [-0.1, -0.05) is 28.1 Å². The minimum atomic E-state index is 0.713. The second-order valence-electron chi connectivity index (χ2n) is 5.04. The van der Waals surface area contributed by atoms with Crippen molar-refractivity contribution < 1.29 is 0 Å². The van der Waals surface area contributed by atoms with Crippen molar-refractivity contribution in [1.29, 1.82) is 0 Å². The van der Waals surface area contributed by atoms with Gasteiger partial charge >= 0.3 is 0 Å². The van der Waals surface area contributed by atoms with Crippen LogP contribution in [0.25, 0.3) is 17.2 Å². The molecule has 106 valence electrons. The maximum Gasteiger partial charge on any atom is 0.161 e. The van der Waals surface area contributed by atoms with E-state index in [2.05, 4.69) is 31.0 Å². The van der Waals surface area contributed by atoms with Crippen LogP contribution in [0.4, 0.5) is 0 Å². The lowest BCUT2D eigenvalue weighted by molar-refractivity contribution is 0.799. The van der Waals surface area contributed by atoms with Crippen molar-refractivity contribution in [1.82, 2.24) is 19.7 Å². The molecule has 0 spiro atoms. The van der Waals surface area contributed by atoms with E-state index < -0.39 is 0 Å². The van der Waals surface area contributed by atoms with Gasteiger partial charge in [-0.25, -0.2) is 14.6 Å². The summed E-state index contributed by atoms with van der Waals surface area (Å²) >= 11 is 3.44. The Hall–Kier alpha value is -2.01. The van der Waals surface area contributed by atoms with Crippen molar-refractivity contribution in [2.24, 2.45) is 0 Å². The second-order valence-corrected chi connectivity index (χ2v) is 5.95. The van der Waals surface area contributed by atoms with Crippen LogP contribution in [-0.2, 0) is 0 Å². The molecule has 5 heteroatoms. The summed E-state index contributed by atoms with van der Waals surface area (Å²) in [5.41, 5.74) is 3.96. The monoisotopic (exact) mass is 342 g/mol. The first-order valence-corrected chi connectivity index (χ1v) is 7.47. The fraction of sp³-hybridized carbons (Fsp3) is 0.188. The van der Waals surface area contributed by atoms with Crippen LogP contribution in [0.15, 0.2) is 40.9 Å². The number of rotatable bonds is 2. The number of hydrogen-bond acceptors (Lipinski definition) is 3. The largest absolute Gasteiger partial charge is 0.233 e. The van der Waals surface area contributed by atoms with E-state index in [4.69, 9.17) is 0 Å². The Morgan fingerprint density at radius 1 is 0.905 bits per heavy atom. The highest BCUT2D eigenvalue weighted by Crippen LogP contribution is 2.20. The molecule has 0 bridgehead atoms. The summed E-state index contributed by atoms with van der Waals surface area (Å²) in [7, 11) is 0. The summed E-state index contributed by atoms with van der Waals surface area (Å²) in [6, 6.07) is 12.0. The molecule has 0 aliphatic carbocycles. The van der Waals surface area contributed by atoms with Gasteiger partial charge in [0, 0.05) is 27.5 Å². The van der Waals surface area contributed by atoms with Crippen LogP contribution in [-0.4, -0.2) is 19.7 Å². The quantitative estimate of drug-likeness (QED) is 0.706. The lowest BCUT2D eigenvalue weighted by Gasteiger charge is -2.08. The summed E-state index contributed by atoms with van der Waals surface area (Å²) in [5.74, 6) is 1.51. The van der Waals surface area contributed by atoms with Gasteiger partial charge < -0.3 is 0 Å². The van der Waals surface area contributed by atoms with Gasteiger partial charge in [0.15, 0.2) is 11.6 Å². The standard InChI is InChI=1S/C16H15BrN4/c1-10-9-15(21-12(3)8-11(2)20-21)19-16(18-10)13-4-6-14(17)7-5-13/h4-9H,1-3H3. The first kappa shape index (κ1) is 13.9. The zero-order valence-corrected chi connectivity index (χ0v) is 13.7. The molecule has 0 aliphatic heterocycles.